The number of hydrogen-bond donors (Lipinski definition) is 0. The number of hydrogen-bond acceptors (Lipinski definition) is 2. The number of pyridine rings is 1. The van der Waals surface area contributed by atoms with Gasteiger partial charge in [0, 0.05) is 6.42 Å². The Bertz CT molecular complexity index is 273. The zero-order chi connectivity index (χ0) is 8.27. The van der Waals surface area contributed by atoms with Crippen molar-refractivity contribution >= 4 is 17.4 Å². The van der Waals surface area contributed by atoms with Crippen molar-refractivity contribution in [2.75, 3.05) is 0 Å². The molecule has 1 rings (SSSR count). The molecule has 0 saturated heterocycles. The third-order valence-electron chi connectivity index (χ3n) is 1.32. The Morgan fingerprint density at radius 3 is 2.91 bits per heavy atom. The highest BCUT2D eigenvalue weighted by molar-refractivity contribution is 6.29. The van der Waals surface area contributed by atoms with Gasteiger partial charge in [-0.2, -0.15) is 0 Å². The van der Waals surface area contributed by atoms with Gasteiger partial charge in [-0.15, -0.1) is 0 Å². The zero-order valence-corrected chi connectivity index (χ0v) is 6.93. The summed E-state index contributed by atoms with van der Waals surface area (Å²) in [6.07, 6.45) is 0.466. The fraction of sp³-hybridized carbons (Fsp3) is 0.250. The molecule has 58 valence electrons. The SMILES string of the molecule is CCC(=O)c1cccc(Cl)n1. The zero-order valence-electron chi connectivity index (χ0n) is 6.17. The van der Waals surface area contributed by atoms with E-state index in [1.165, 1.54) is 0 Å². The van der Waals surface area contributed by atoms with Gasteiger partial charge < -0.3 is 0 Å². The number of halogens is 1. The Labute approximate surface area is 70.2 Å². The molecular weight excluding hydrogens is 162 g/mol. The predicted molar refractivity (Wildman–Crippen MR) is 43.9 cm³/mol. The van der Waals surface area contributed by atoms with E-state index in [4.69, 9.17) is 11.6 Å². The summed E-state index contributed by atoms with van der Waals surface area (Å²) in [6, 6.07) is 5.03. The fourth-order valence-corrected chi connectivity index (χ4v) is 0.908. The first-order valence-electron chi connectivity index (χ1n) is 3.39. The molecule has 0 radical (unpaired) electrons. The van der Waals surface area contributed by atoms with E-state index in [1.54, 1.807) is 25.1 Å². The summed E-state index contributed by atoms with van der Waals surface area (Å²) in [7, 11) is 0. The normalized spacial score (nSPS) is 9.64. The quantitative estimate of drug-likeness (QED) is 0.503. The summed E-state index contributed by atoms with van der Waals surface area (Å²) >= 11 is 5.58. The van der Waals surface area contributed by atoms with Crippen LogP contribution in [0.5, 0.6) is 0 Å². The van der Waals surface area contributed by atoms with Gasteiger partial charge in [-0.05, 0) is 12.1 Å². The average Bonchev–Trinajstić information content (AvgIpc) is 2.03. The molecule has 0 N–H and O–H groups in total. The van der Waals surface area contributed by atoms with Crippen LogP contribution in [0.15, 0.2) is 18.2 Å². The van der Waals surface area contributed by atoms with Crippen LogP contribution in [0.4, 0.5) is 0 Å². The minimum absolute atomic E-state index is 0.0208. The molecule has 0 amide bonds. The van der Waals surface area contributed by atoms with Crippen LogP contribution in [0.25, 0.3) is 0 Å². The number of aromatic nitrogens is 1. The van der Waals surface area contributed by atoms with E-state index >= 15 is 0 Å². The molecule has 0 aromatic carbocycles. The molecule has 0 aliphatic heterocycles. The Morgan fingerprint density at radius 1 is 1.64 bits per heavy atom. The molecule has 0 aliphatic carbocycles. The van der Waals surface area contributed by atoms with Gasteiger partial charge in [0.2, 0.25) is 0 Å². The van der Waals surface area contributed by atoms with Crippen molar-refractivity contribution in [3.63, 3.8) is 0 Å². The highest BCUT2D eigenvalue weighted by Crippen LogP contribution is 2.06. The lowest BCUT2D eigenvalue weighted by molar-refractivity contribution is 0.0983. The molecule has 0 saturated carbocycles. The first-order chi connectivity index (χ1) is 5.24. The van der Waals surface area contributed by atoms with Gasteiger partial charge in [-0.1, -0.05) is 24.6 Å². The minimum Gasteiger partial charge on any atom is -0.292 e. The number of Topliss-reactive ketones (excluding diaryl/α,β-unsaturated/α-hetero) is 1. The second kappa shape index (κ2) is 3.49. The molecule has 0 fully saturated rings. The Balaban J connectivity index is 2.96. The molecule has 0 atom stereocenters. The monoisotopic (exact) mass is 169 g/mol. The highest BCUT2D eigenvalue weighted by atomic mass is 35.5. The van der Waals surface area contributed by atoms with Crippen molar-refractivity contribution in [3.05, 3.63) is 29.0 Å². The van der Waals surface area contributed by atoms with Crippen molar-refractivity contribution in [2.45, 2.75) is 13.3 Å². The summed E-state index contributed by atoms with van der Waals surface area (Å²) in [5, 5.41) is 0.365. The third kappa shape index (κ3) is 2.02. The lowest BCUT2D eigenvalue weighted by atomic mass is 10.2. The molecule has 3 heteroatoms. The van der Waals surface area contributed by atoms with E-state index in [-0.39, 0.29) is 5.78 Å². The summed E-state index contributed by atoms with van der Waals surface area (Å²) in [6.45, 7) is 1.80. The van der Waals surface area contributed by atoms with Crippen LogP contribution in [-0.2, 0) is 0 Å². The van der Waals surface area contributed by atoms with Crippen LogP contribution in [0.1, 0.15) is 23.8 Å². The van der Waals surface area contributed by atoms with Crippen LogP contribution in [0.3, 0.4) is 0 Å². The van der Waals surface area contributed by atoms with Gasteiger partial charge in [0.15, 0.2) is 5.78 Å². The van der Waals surface area contributed by atoms with Gasteiger partial charge in [0.1, 0.15) is 10.8 Å². The largest absolute Gasteiger partial charge is 0.292 e. The molecule has 0 aliphatic rings. The van der Waals surface area contributed by atoms with Crippen LogP contribution >= 0.6 is 11.6 Å². The predicted octanol–water partition coefficient (Wildman–Crippen LogP) is 2.33. The summed E-state index contributed by atoms with van der Waals surface area (Å²) in [5.41, 5.74) is 0.444. The summed E-state index contributed by atoms with van der Waals surface area (Å²) < 4.78 is 0. The number of rotatable bonds is 2. The van der Waals surface area contributed by atoms with Gasteiger partial charge >= 0.3 is 0 Å². The van der Waals surface area contributed by atoms with Gasteiger partial charge in [-0.25, -0.2) is 4.98 Å². The minimum atomic E-state index is 0.0208. The molecular formula is C8H8ClNO. The number of ketones is 1. The summed E-state index contributed by atoms with van der Waals surface area (Å²) in [4.78, 5) is 14.9. The maximum absolute atomic E-state index is 11.0. The van der Waals surface area contributed by atoms with Gasteiger partial charge in [0.25, 0.3) is 0 Å². The van der Waals surface area contributed by atoms with Crippen LogP contribution in [-0.4, -0.2) is 10.8 Å². The standard InChI is InChI=1S/C8H8ClNO/c1-2-7(11)6-4-3-5-8(9)10-6/h3-5H,2H2,1H3. The first kappa shape index (κ1) is 8.21. The summed E-state index contributed by atoms with van der Waals surface area (Å²) in [5.74, 6) is 0.0208. The van der Waals surface area contributed by atoms with E-state index in [2.05, 4.69) is 4.98 Å². The molecule has 1 aromatic rings. The number of nitrogens with zero attached hydrogens (tertiary/aromatic N) is 1. The van der Waals surface area contributed by atoms with Gasteiger partial charge in [-0.3, -0.25) is 4.79 Å². The second-order valence-electron chi connectivity index (χ2n) is 2.12. The second-order valence-corrected chi connectivity index (χ2v) is 2.51. The highest BCUT2D eigenvalue weighted by Gasteiger charge is 2.03. The first-order valence-corrected chi connectivity index (χ1v) is 3.77. The van der Waals surface area contributed by atoms with E-state index in [1.807, 2.05) is 0 Å². The Hall–Kier alpha value is -0.890. The van der Waals surface area contributed by atoms with Gasteiger partial charge in [0.05, 0.1) is 0 Å². The molecule has 1 heterocycles. The molecule has 0 bridgehead atoms. The molecule has 11 heavy (non-hydrogen) atoms. The molecule has 1 aromatic heterocycles. The lowest BCUT2D eigenvalue weighted by Gasteiger charge is -1.95. The smallest absolute Gasteiger partial charge is 0.180 e. The van der Waals surface area contributed by atoms with Crippen molar-refractivity contribution in [2.24, 2.45) is 0 Å². The topological polar surface area (TPSA) is 30.0 Å². The maximum atomic E-state index is 11.0. The van der Waals surface area contributed by atoms with Crippen molar-refractivity contribution in [3.8, 4) is 0 Å². The molecule has 0 spiro atoms. The number of carbonyl (C=O) groups is 1. The Morgan fingerprint density at radius 2 is 2.36 bits per heavy atom. The lowest BCUT2D eigenvalue weighted by Crippen LogP contribution is -1.99. The van der Waals surface area contributed by atoms with E-state index in [0.717, 1.165) is 0 Å². The Kier molecular flexibility index (Phi) is 2.60. The van der Waals surface area contributed by atoms with Crippen LogP contribution in [0.2, 0.25) is 5.15 Å². The van der Waals surface area contributed by atoms with E-state index < -0.39 is 0 Å². The average molecular weight is 170 g/mol. The van der Waals surface area contributed by atoms with Crippen molar-refractivity contribution in [1.82, 2.24) is 4.98 Å². The number of carbonyl (C=O) groups excluding carboxylic acids is 1. The molecule has 0 unspecified atom stereocenters. The van der Waals surface area contributed by atoms with Crippen LogP contribution < -0.4 is 0 Å². The molecule has 2 nitrogen and oxygen atoms in total. The van der Waals surface area contributed by atoms with Crippen molar-refractivity contribution < 1.29 is 4.79 Å². The van der Waals surface area contributed by atoms with Crippen LogP contribution in [0, 0.1) is 0 Å². The third-order valence-corrected chi connectivity index (χ3v) is 1.53. The fourth-order valence-electron chi connectivity index (χ4n) is 0.745. The van der Waals surface area contributed by atoms with E-state index in [0.29, 0.717) is 17.3 Å². The maximum Gasteiger partial charge on any atom is 0.180 e. The van der Waals surface area contributed by atoms with E-state index in [9.17, 15) is 4.79 Å². The van der Waals surface area contributed by atoms with Crippen molar-refractivity contribution in [1.29, 1.82) is 0 Å².